The number of carbonyl (C=O) groups excluding carboxylic acids is 1. The number of aryl methyl sites for hydroxylation is 2. The maximum Gasteiger partial charge on any atom is 0.269 e. The quantitative estimate of drug-likeness (QED) is 0.0257. The second-order valence-electron chi connectivity index (χ2n) is 18.7. The van der Waals surface area contributed by atoms with Crippen LogP contribution in [0.5, 0.6) is 0 Å². The van der Waals surface area contributed by atoms with Crippen LogP contribution in [0.4, 0.5) is 11.4 Å². The van der Waals surface area contributed by atoms with Crippen LogP contribution >= 0.6 is 111 Å². The molecule has 105 heavy (non-hydrogen) atoms. The SMILES string of the molecule is C#CCN.CC(=O)c1ccc(C#CCN)cc1.Cc1ccc(C#CCN)cc1.Cc1ccc(C#CCN)cc1.Cl.Cl.Cl.Cl.Cl.Cl.Cl.Cl.NCC#Cc1ccc([N+](=O)[O-])cc1.NCC#Cc1cccc2ccccc12.NCC#Cc1ccccc1.NCC#Cc1cccs1.[C-]#[N+]c1ccc(C#CCN)cc1. The number of carbonyl (C=O) groups is 1. The van der Waals surface area contributed by atoms with Gasteiger partial charge in [0.2, 0.25) is 0 Å². The van der Waals surface area contributed by atoms with Crippen LogP contribution in [0.2, 0.25) is 0 Å². The van der Waals surface area contributed by atoms with Crippen molar-refractivity contribution in [1.29, 1.82) is 0 Å². The first-order valence-corrected chi connectivity index (χ1v) is 30.7. The number of benzene rings is 8. The Morgan fingerprint density at radius 1 is 0.410 bits per heavy atom. The van der Waals surface area contributed by atoms with Gasteiger partial charge in [-0.05, 0) is 110 Å². The fraction of sp³-hybridized carbons (Fsp3) is 0.146. The Labute approximate surface area is 675 Å². The smallest absolute Gasteiger partial charge is 0.269 e. The van der Waals surface area contributed by atoms with E-state index >= 15 is 0 Å². The molecule has 9 aromatic rings. The highest BCUT2D eigenvalue weighted by Gasteiger charge is 2.02. The lowest BCUT2D eigenvalue weighted by molar-refractivity contribution is -0.384. The summed E-state index contributed by atoms with van der Waals surface area (Å²) in [6.45, 7) is 15.9. The highest BCUT2D eigenvalue weighted by Crippen LogP contribution is 2.18. The van der Waals surface area contributed by atoms with Crippen LogP contribution in [0, 0.1) is 138 Å². The van der Waals surface area contributed by atoms with E-state index in [0.717, 1.165) is 43.8 Å². The normalized spacial score (nSPS) is 7.79. The van der Waals surface area contributed by atoms with Crippen molar-refractivity contribution in [2.45, 2.75) is 20.8 Å². The third kappa shape index (κ3) is 56.4. The monoisotopic (exact) mass is 1590 g/mol. The molecule has 0 unspecified atom stereocenters. The number of ketones is 1. The van der Waals surface area contributed by atoms with E-state index in [9.17, 15) is 14.9 Å². The van der Waals surface area contributed by atoms with Crippen molar-refractivity contribution in [3.8, 4) is 107 Å². The highest BCUT2D eigenvalue weighted by atomic mass is 35.5. The molecule has 0 aliphatic heterocycles. The molecule has 0 amide bonds. The first-order chi connectivity index (χ1) is 47.2. The third-order valence-electron chi connectivity index (χ3n) is 11.3. The number of nitro groups is 1. The van der Waals surface area contributed by atoms with Crippen molar-refractivity contribution < 1.29 is 9.72 Å². The molecule has 23 heteroatoms. The predicted octanol–water partition coefficient (Wildman–Crippen LogP) is 13.4. The summed E-state index contributed by atoms with van der Waals surface area (Å²) in [7, 11) is 0. The molecule has 14 nitrogen and oxygen atoms in total. The van der Waals surface area contributed by atoms with E-state index in [4.69, 9.17) is 58.2 Å². The number of halogens is 8. The number of Topliss-reactive ketones (excluding diaryl/α,β-unsaturated/α-hetero) is 1. The highest BCUT2D eigenvalue weighted by molar-refractivity contribution is 7.10. The van der Waals surface area contributed by atoms with Crippen molar-refractivity contribution >= 4 is 139 Å². The van der Waals surface area contributed by atoms with E-state index in [1.165, 1.54) is 34.0 Å². The fourth-order valence-electron chi connectivity index (χ4n) is 6.76. The summed E-state index contributed by atoms with van der Waals surface area (Å²) in [6, 6.07) is 64.6. The Morgan fingerprint density at radius 3 is 1.08 bits per heavy atom. The van der Waals surface area contributed by atoms with Gasteiger partial charge < -0.3 is 51.6 Å². The Balaban J connectivity index is -0.000000168. The molecule has 0 saturated carbocycles. The summed E-state index contributed by atoms with van der Waals surface area (Å²) >= 11 is 1.63. The van der Waals surface area contributed by atoms with Gasteiger partial charge in [-0.3, -0.25) is 14.9 Å². The van der Waals surface area contributed by atoms with Crippen molar-refractivity contribution in [2.24, 2.45) is 51.6 Å². The van der Waals surface area contributed by atoms with Gasteiger partial charge in [0.1, 0.15) is 0 Å². The summed E-state index contributed by atoms with van der Waals surface area (Å²) in [4.78, 5) is 25.1. The minimum Gasteiger partial charge on any atom is -0.320 e. The standard InChI is InChI=1S/C13H11N.C11H11NO.C10H8N2.2C10H11N.C9H8N2O2.C9H9N.C7H7NS.C3H5N.8ClH/c14-10-4-8-12-7-3-6-11-5-1-2-9-13(11)12;1-9(13)11-6-4-10(5-7-11)3-2-8-12;1-12-10-6-4-9(5-7-10)3-2-8-11;2*1-9-4-6-10(7-5-9)3-2-8-11;10-7-1-2-8-3-5-9(6-4-8)11(12)13;10-8-4-7-9-5-2-1-3-6-9;8-5-1-3-7-4-2-6-9-7;1-2-3-4;;;;;;;;/h1-3,5-7,9H,10,14H2;4-7H,8,12H2,1H3;4-7H,8,11H2;2*4-7H,8,11H2,1H3;3-6H,7,10H2;1-3,5-6H,8,10H2;2,4,6H,5,8H2;1H,3-4H2;8*1H. The van der Waals surface area contributed by atoms with Crippen molar-refractivity contribution in [3.63, 3.8) is 0 Å². The largest absolute Gasteiger partial charge is 0.320 e. The summed E-state index contributed by atoms with van der Waals surface area (Å²) in [6.07, 6.45) is 4.65. The molecule has 18 N–H and O–H groups in total. The van der Waals surface area contributed by atoms with Crippen LogP contribution in [-0.2, 0) is 0 Å². The van der Waals surface area contributed by atoms with Crippen molar-refractivity contribution in [2.75, 3.05) is 58.9 Å². The zero-order valence-corrected chi connectivity index (χ0v) is 65.5. The van der Waals surface area contributed by atoms with E-state index in [1.807, 2.05) is 145 Å². The molecule has 0 spiro atoms. The molecular weight excluding hydrogens is 1500 g/mol. The van der Waals surface area contributed by atoms with Gasteiger partial charge in [-0.1, -0.05) is 233 Å². The van der Waals surface area contributed by atoms with Crippen molar-refractivity contribution in [3.05, 3.63) is 294 Å². The van der Waals surface area contributed by atoms with E-state index in [2.05, 4.69) is 144 Å². The minimum atomic E-state index is -0.444. The van der Waals surface area contributed by atoms with Crippen molar-refractivity contribution in [1.82, 2.24) is 0 Å². The van der Waals surface area contributed by atoms with Gasteiger partial charge in [0.15, 0.2) is 11.5 Å². The molecule has 0 radical (unpaired) electrons. The fourth-order valence-corrected chi connectivity index (χ4v) is 7.35. The molecule has 0 bridgehead atoms. The lowest BCUT2D eigenvalue weighted by Crippen LogP contribution is -1.93. The van der Waals surface area contributed by atoms with Gasteiger partial charge in [0, 0.05) is 56.6 Å². The lowest BCUT2D eigenvalue weighted by atomic mass is 10.1. The minimum absolute atomic E-state index is 0. The number of terminal acetylenes is 1. The van der Waals surface area contributed by atoms with E-state index < -0.39 is 4.92 Å². The zero-order chi connectivity index (χ0) is 71.4. The van der Waals surface area contributed by atoms with Crippen LogP contribution in [0.25, 0.3) is 15.6 Å². The van der Waals surface area contributed by atoms with E-state index in [1.54, 1.807) is 54.7 Å². The van der Waals surface area contributed by atoms with E-state index in [-0.39, 0.29) is 117 Å². The van der Waals surface area contributed by atoms with Crippen LogP contribution in [0.1, 0.15) is 72.2 Å². The topological polar surface area (TPSA) is 299 Å². The number of thiophene rings is 1. The molecule has 0 saturated heterocycles. The van der Waals surface area contributed by atoms with Crippen LogP contribution in [-0.4, -0.2) is 69.6 Å². The number of hydrogen-bond acceptors (Lipinski definition) is 13. The number of hydrogen-bond donors (Lipinski definition) is 9. The van der Waals surface area contributed by atoms with Gasteiger partial charge in [-0.2, -0.15) is 0 Å². The molecule has 552 valence electrons. The number of nitro benzene ring substituents is 1. The first-order valence-electron chi connectivity index (χ1n) is 29.9. The molecule has 0 atom stereocenters. The average Bonchev–Trinajstić information content (AvgIpc) is 1.59. The Bertz CT molecular complexity index is 4270. The van der Waals surface area contributed by atoms with Crippen LogP contribution < -0.4 is 51.6 Å². The van der Waals surface area contributed by atoms with Gasteiger partial charge in [-0.15, -0.1) is 117 Å². The Morgan fingerprint density at radius 2 is 0.733 bits per heavy atom. The third-order valence-corrected chi connectivity index (χ3v) is 12.1. The molecule has 9 rings (SSSR count). The molecule has 1 heterocycles. The second kappa shape index (κ2) is 75.4. The average molecular weight is 1590 g/mol. The number of nitrogens with two attached hydrogens (primary N) is 9. The number of nitrogens with zero attached hydrogens (tertiary/aromatic N) is 2. The molecule has 0 aliphatic carbocycles. The van der Waals surface area contributed by atoms with Crippen LogP contribution in [0.15, 0.2) is 212 Å². The number of rotatable bonds is 2. The summed E-state index contributed by atoms with van der Waals surface area (Å²) in [5.41, 5.74) is 57.1. The number of non-ortho nitro benzene ring substituents is 1. The Hall–Kier alpha value is -9.72. The summed E-state index contributed by atoms with van der Waals surface area (Å²) < 4.78 is 0. The number of fused-ring (bicyclic) bond motifs is 1. The second-order valence-corrected chi connectivity index (χ2v) is 19.6. The molecule has 8 aromatic carbocycles. The first kappa shape index (κ1) is 111. The molecule has 0 fully saturated rings. The van der Waals surface area contributed by atoms with Crippen LogP contribution in [0.3, 0.4) is 0 Å². The van der Waals surface area contributed by atoms with Gasteiger partial charge in [0.25, 0.3) is 5.69 Å². The van der Waals surface area contributed by atoms with Gasteiger partial charge in [-0.25, -0.2) is 4.85 Å². The maximum atomic E-state index is 10.9. The summed E-state index contributed by atoms with van der Waals surface area (Å²) in [5.74, 6) is 47.8. The molecule has 1 aromatic heterocycles. The Kier molecular flexibility index (Phi) is 79.9. The van der Waals surface area contributed by atoms with E-state index in [0.29, 0.717) is 63.6 Å². The predicted molar refractivity (Wildman–Crippen MR) is 463 cm³/mol. The van der Waals surface area contributed by atoms with Gasteiger partial charge >= 0.3 is 0 Å². The lowest BCUT2D eigenvalue weighted by Gasteiger charge is -1.98. The molecule has 0 aliphatic rings. The maximum absolute atomic E-state index is 10.9. The van der Waals surface area contributed by atoms with Gasteiger partial charge in [0.05, 0.1) is 75.3 Å². The zero-order valence-electron chi connectivity index (χ0n) is 58.1. The summed E-state index contributed by atoms with van der Waals surface area (Å²) in [5, 5.41) is 14.7. The molecular formula is C82H89Cl8N11O3S.